The van der Waals surface area contributed by atoms with Crippen LogP contribution in [0, 0.1) is 5.92 Å². The molecule has 0 unspecified atom stereocenters. The molecule has 7 heteroatoms. The Morgan fingerprint density at radius 3 is 2.77 bits per heavy atom. The number of fused-ring (bicyclic) bond motifs is 1. The van der Waals surface area contributed by atoms with Crippen molar-refractivity contribution in [3.05, 3.63) is 42.6 Å². The molecule has 1 aliphatic rings. The second-order valence-corrected chi connectivity index (χ2v) is 6.74. The van der Waals surface area contributed by atoms with Crippen molar-refractivity contribution in [1.82, 2.24) is 10.2 Å². The van der Waals surface area contributed by atoms with Gasteiger partial charge >= 0.3 is 7.12 Å². The van der Waals surface area contributed by atoms with Crippen molar-refractivity contribution in [3.63, 3.8) is 0 Å². The van der Waals surface area contributed by atoms with Gasteiger partial charge in [0, 0.05) is 10.9 Å². The summed E-state index contributed by atoms with van der Waals surface area (Å²) in [6.45, 7) is 0.652. The summed E-state index contributed by atoms with van der Waals surface area (Å²) >= 11 is 0. The number of hydrogen-bond acceptors (Lipinski definition) is 6. The average molecular weight is 349 g/mol. The molecule has 1 heterocycles. The summed E-state index contributed by atoms with van der Waals surface area (Å²) in [5, 5.41) is 27.9. The molecule has 132 valence electrons. The molecule has 4 N–H and O–H groups in total. The first-order valence-electron chi connectivity index (χ1n) is 8.76. The Labute approximate surface area is 151 Å². The van der Waals surface area contributed by atoms with Gasteiger partial charge in [0.25, 0.3) is 0 Å². The number of hydrogen-bond donors (Lipinski definition) is 3. The SMILES string of the molecule is Nc1cnnc2cc(-c3cc(B(O)O)ccc3OCCC3CC3)ccc12. The van der Waals surface area contributed by atoms with Crippen LogP contribution >= 0.6 is 0 Å². The van der Waals surface area contributed by atoms with Gasteiger partial charge < -0.3 is 20.5 Å². The van der Waals surface area contributed by atoms with Crippen LogP contribution in [0.2, 0.25) is 0 Å². The van der Waals surface area contributed by atoms with E-state index in [0.717, 1.165) is 28.9 Å². The first-order valence-corrected chi connectivity index (χ1v) is 8.76. The lowest BCUT2D eigenvalue weighted by Crippen LogP contribution is -2.29. The molecule has 0 spiro atoms. The van der Waals surface area contributed by atoms with Crippen LogP contribution in [0.5, 0.6) is 5.75 Å². The molecule has 0 amide bonds. The van der Waals surface area contributed by atoms with E-state index in [1.165, 1.54) is 19.0 Å². The van der Waals surface area contributed by atoms with E-state index in [1.807, 2.05) is 18.2 Å². The molecular formula is C19H20BN3O3. The second-order valence-electron chi connectivity index (χ2n) is 6.74. The topological polar surface area (TPSA) is 101 Å². The lowest BCUT2D eigenvalue weighted by molar-refractivity contribution is 0.303. The number of benzene rings is 2. The average Bonchev–Trinajstić information content (AvgIpc) is 3.46. The zero-order valence-electron chi connectivity index (χ0n) is 14.3. The minimum atomic E-state index is -1.54. The number of anilines is 1. The van der Waals surface area contributed by atoms with Crippen LogP contribution in [0.1, 0.15) is 19.3 Å². The zero-order valence-corrected chi connectivity index (χ0v) is 14.3. The molecule has 0 aliphatic heterocycles. The highest BCUT2D eigenvalue weighted by molar-refractivity contribution is 6.58. The van der Waals surface area contributed by atoms with E-state index >= 15 is 0 Å². The van der Waals surface area contributed by atoms with Crippen LogP contribution in [0.3, 0.4) is 0 Å². The minimum absolute atomic E-state index is 0.410. The van der Waals surface area contributed by atoms with Crippen LogP contribution in [0.25, 0.3) is 22.0 Å². The van der Waals surface area contributed by atoms with Gasteiger partial charge in [0.2, 0.25) is 0 Å². The van der Waals surface area contributed by atoms with Crippen molar-refractivity contribution in [1.29, 1.82) is 0 Å². The summed E-state index contributed by atoms with van der Waals surface area (Å²) in [7, 11) is -1.54. The smallest absolute Gasteiger partial charge is 0.488 e. The summed E-state index contributed by atoms with van der Waals surface area (Å²) in [5.41, 5.74) is 9.26. The summed E-state index contributed by atoms with van der Waals surface area (Å²) in [4.78, 5) is 0. The fourth-order valence-corrected chi connectivity index (χ4v) is 3.05. The van der Waals surface area contributed by atoms with Crippen LogP contribution in [-0.4, -0.2) is 34.0 Å². The molecule has 1 fully saturated rings. The van der Waals surface area contributed by atoms with Gasteiger partial charge in [-0.1, -0.05) is 31.0 Å². The normalized spacial score (nSPS) is 13.8. The summed E-state index contributed by atoms with van der Waals surface area (Å²) in [6.07, 6.45) is 5.15. The predicted octanol–water partition coefficient (Wildman–Crippen LogP) is 1.74. The standard InChI is InChI=1S/C19H20BN3O3/c21-17-11-22-23-18-9-13(3-5-15(17)18)16-10-14(20(24)25)4-6-19(16)26-8-7-12-1-2-12/h3-6,9-12,24-25H,1-2,7-8H2,(H2,21,23). The summed E-state index contributed by atoms with van der Waals surface area (Å²) in [5.74, 6) is 1.50. The fourth-order valence-electron chi connectivity index (χ4n) is 3.05. The molecular weight excluding hydrogens is 329 g/mol. The van der Waals surface area contributed by atoms with Crippen molar-refractivity contribution in [3.8, 4) is 16.9 Å². The number of nitrogens with zero attached hydrogens (tertiary/aromatic N) is 2. The van der Waals surface area contributed by atoms with E-state index in [4.69, 9.17) is 10.5 Å². The lowest BCUT2D eigenvalue weighted by atomic mass is 9.79. The van der Waals surface area contributed by atoms with Crippen molar-refractivity contribution < 1.29 is 14.8 Å². The van der Waals surface area contributed by atoms with Crippen molar-refractivity contribution >= 4 is 29.2 Å². The van der Waals surface area contributed by atoms with Crippen molar-refractivity contribution in [2.75, 3.05) is 12.3 Å². The van der Waals surface area contributed by atoms with Crippen LogP contribution in [0.15, 0.2) is 42.6 Å². The first kappa shape index (κ1) is 16.8. The lowest BCUT2D eigenvalue weighted by Gasteiger charge is -2.14. The molecule has 0 atom stereocenters. The van der Waals surface area contributed by atoms with Gasteiger partial charge in [-0.05, 0) is 41.6 Å². The molecule has 0 radical (unpaired) electrons. The first-order chi connectivity index (χ1) is 12.6. The Hall–Kier alpha value is -2.64. The van der Waals surface area contributed by atoms with Gasteiger partial charge in [0.1, 0.15) is 5.75 Å². The highest BCUT2D eigenvalue weighted by atomic mass is 16.5. The fraction of sp³-hybridized carbons (Fsp3) is 0.263. The van der Waals surface area contributed by atoms with Gasteiger partial charge in [0.05, 0.1) is 24.0 Å². The van der Waals surface area contributed by atoms with E-state index < -0.39 is 7.12 Å². The maximum absolute atomic E-state index is 9.53. The highest BCUT2D eigenvalue weighted by Gasteiger charge is 2.21. The third-order valence-electron chi connectivity index (χ3n) is 4.76. The van der Waals surface area contributed by atoms with Crippen molar-refractivity contribution in [2.24, 2.45) is 5.92 Å². The molecule has 1 aromatic heterocycles. The van der Waals surface area contributed by atoms with Crippen molar-refractivity contribution in [2.45, 2.75) is 19.3 Å². The number of nitrogen functional groups attached to an aromatic ring is 1. The molecule has 2 aromatic carbocycles. The maximum Gasteiger partial charge on any atom is 0.488 e. The molecule has 6 nitrogen and oxygen atoms in total. The Balaban J connectivity index is 1.72. The monoisotopic (exact) mass is 349 g/mol. The van der Waals surface area contributed by atoms with E-state index in [1.54, 1.807) is 18.2 Å². The Kier molecular flexibility index (Phi) is 4.49. The number of rotatable bonds is 6. The molecule has 4 rings (SSSR count). The second kappa shape index (κ2) is 6.94. The van der Waals surface area contributed by atoms with Gasteiger partial charge in [0.15, 0.2) is 0 Å². The number of nitrogens with two attached hydrogens (primary N) is 1. The Morgan fingerprint density at radius 1 is 1.15 bits per heavy atom. The molecule has 1 saturated carbocycles. The Morgan fingerprint density at radius 2 is 2.00 bits per heavy atom. The van der Waals surface area contributed by atoms with E-state index in [-0.39, 0.29) is 0 Å². The van der Waals surface area contributed by atoms with Crippen LogP contribution < -0.4 is 15.9 Å². The molecule has 1 aliphatic carbocycles. The zero-order chi connectivity index (χ0) is 18.1. The molecule has 26 heavy (non-hydrogen) atoms. The van der Waals surface area contributed by atoms with Gasteiger partial charge in [-0.3, -0.25) is 0 Å². The highest BCUT2D eigenvalue weighted by Crippen LogP contribution is 2.34. The molecule has 0 bridgehead atoms. The van der Waals surface area contributed by atoms with Crippen LogP contribution in [0.4, 0.5) is 5.69 Å². The maximum atomic E-state index is 9.53. The third kappa shape index (κ3) is 3.49. The minimum Gasteiger partial charge on any atom is -0.493 e. The summed E-state index contributed by atoms with van der Waals surface area (Å²) < 4.78 is 5.99. The number of ether oxygens (including phenoxy) is 1. The predicted molar refractivity (Wildman–Crippen MR) is 102 cm³/mol. The van der Waals surface area contributed by atoms with E-state index in [0.29, 0.717) is 29.0 Å². The van der Waals surface area contributed by atoms with Crippen LogP contribution in [-0.2, 0) is 0 Å². The molecule has 3 aromatic rings. The van der Waals surface area contributed by atoms with Gasteiger partial charge in [-0.15, -0.1) is 0 Å². The van der Waals surface area contributed by atoms with E-state index in [2.05, 4.69) is 10.2 Å². The van der Waals surface area contributed by atoms with Gasteiger partial charge in [-0.25, -0.2) is 0 Å². The third-order valence-corrected chi connectivity index (χ3v) is 4.76. The molecule has 0 saturated heterocycles. The van der Waals surface area contributed by atoms with Gasteiger partial charge in [-0.2, -0.15) is 10.2 Å². The Bertz CT molecular complexity index is 944. The summed E-state index contributed by atoms with van der Waals surface area (Å²) in [6, 6.07) is 10.9. The largest absolute Gasteiger partial charge is 0.493 e. The number of aromatic nitrogens is 2. The van der Waals surface area contributed by atoms with E-state index in [9.17, 15) is 10.0 Å². The quantitative estimate of drug-likeness (QED) is 0.586.